The molecule has 136 heavy (non-hydrogen) atoms. The molecule has 22 aromatic rings. The third kappa shape index (κ3) is 13.4. The zero-order chi connectivity index (χ0) is 92.1. The highest BCUT2D eigenvalue weighted by atomic mass is 16.2. The fraction of sp³-hybridized carbons (Fsp3) is 0.0323. The van der Waals surface area contributed by atoms with E-state index >= 15 is 0 Å². The minimum atomic E-state index is -0.333. The highest BCUT2D eigenvalue weighted by molar-refractivity contribution is 6.39. The van der Waals surface area contributed by atoms with E-state index in [1.807, 2.05) is 237 Å². The predicted octanol–water partition coefficient (Wildman–Crippen LogP) is 29.7. The molecular weight excluding hydrogens is 1670 g/mol. The summed E-state index contributed by atoms with van der Waals surface area (Å²) < 4.78 is 6.55. The molecule has 0 unspecified atom stereocenters. The molecule has 646 valence electrons. The van der Waals surface area contributed by atoms with Crippen LogP contribution in [0.5, 0.6) is 0 Å². The molecule has 12 heteroatoms. The monoisotopic (exact) mass is 1750 g/mol. The van der Waals surface area contributed by atoms with Gasteiger partial charge in [-0.25, -0.2) is 14.7 Å². The van der Waals surface area contributed by atoms with Crippen LogP contribution in [0.25, 0.3) is 160 Å². The summed E-state index contributed by atoms with van der Waals surface area (Å²) in [6.45, 7) is 8.49. The van der Waals surface area contributed by atoms with Crippen molar-refractivity contribution in [1.29, 1.82) is 0 Å². The Morgan fingerprint density at radius 1 is 0.154 bits per heavy atom. The average molecular weight is 1750 g/mol. The highest BCUT2D eigenvalue weighted by Gasteiger charge is 2.44. The van der Waals surface area contributed by atoms with Gasteiger partial charge in [-0.2, -0.15) is 0 Å². The highest BCUT2D eigenvalue weighted by Crippen LogP contribution is 2.50. The molecule has 19 aromatic carbocycles. The summed E-state index contributed by atoms with van der Waals surface area (Å²) in [5.74, 6) is -1.93. The normalized spacial score (nSPS) is 12.8. The minimum absolute atomic E-state index is 0.313. The Bertz CT molecular complexity index is 8660. The molecule has 0 spiro atoms. The van der Waals surface area contributed by atoms with Crippen molar-refractivity contribution in [2.75, 3.05) is 14.7 Å². The van der Waals surface area contributed by atoms with Crippen molar-refractivity contribution >= 4 is 118 Å². The van der Waals surface area contributed by atoms with Crippen LogP contribution in [0.2, 0.25) is 0 Å². The standard InChI is InChI=1S/C46H32N2O2.2C39H26N2O2/c1-29-15-6-8-19-32(29)35-22-12-24-37-38-25-13-23-36(33-20-9-7-16-30(33)2)44(38)47(43(35)37)41-28-14-26-39-42(41)46(50)48(45(39)49)40-27-11-10-21-34(40)31-17-4-3-5-18-31;1-25-13-5-6-16-27(25)30-19-11-20-31-29-18-8-10-23-34(29)40(37(30)31)35-24-12-21-32-36(35)39(43)41(38(32)42)33-22-9-7-17-28(33)26-14-3-2-4-15-26;1-25-12-5-6-15-28(25)27-22-23-31-30-17-8-10-20-34(30)40(36(31)24-27)35-21-11-18-32-37(35)39(43)41(38(32)42)33-19-9-7-16-29(33)26-13-3-2-4-14-26/h3-28H,1-2H3;2*2-24H,1H3. The molecule has 25 rings (SSSR count). The Labute approximate surface area is 785 Å². The van der Waals surface area contributed by atoms with E-state index in [1.165, 1.54) is 25.8 Å². The van der Waals surface area contributed by atoms with Gasteiger partial charge in [-0.3, -0.25) is 28.8 Å². The Morgan fingerprint density at radius 3 is 0.787 bits per heavy atom. The number of carbonyl (C=O) groups is 6. The number of carbonyl (C=O) groups excluding carboxylic acids is 6. The third-order valence-corrected chi connectivity index (χ3v) is 27.0. The van der Waals surface area contributed by atoms with Gasteiger partial charge in [-0.15, -0.1) is 0 Å². The predicted molar refractivity (Wildman–Crippen MR) is 552 cm³/mol. The van der Waals surface area contributed by atoms with E-state index in [4.69, 9.17) is 0 Å². The van der Waals surface area contributed by atoms with Gasteiger partial charge in [0.05, 0.1) is 101 Å². The summed E-state index contributed by atoms with van der Waals surface area (Å²) in [6, 6.07) is 145. The van der Waals surface area contributed by atoms with Crippen molar-refractivity contribution in [3.8, 4) is 95.0 Å². The fourth-order valence-electron chi connectivity index (χ4n) is 20.8. The van der Waals surface area contributed by atoms with Crippen LogP contribution in [0.3, 0.4) is 0 Å². The van der Waals surface area contributed by atoms with Crippen molar-refractivity contribution in [3.63, 3.8) is 0 Å². The molecule has 0 saturated carbocycles. The van der Waals surface area contributed by atoms with E-state index < -0.39 is 0 Å². The lowest BCUT2D eigenvalue weighted by Gasteiger charge is -2.19. The SMILES string of the molecule is Cc1ccccc1-c1ccc2c3ccccc3n(-c3cccc4c3C(=O)N(c3ccccc3-c3ccccc3)C4=O)c2c1.Cc1ccccc1-c1cccc2c3cccc(-c4ccccc4C)c3n(-c3cccc4c3C(=O)N(c3ccccc3-c3ccccc3)C4=O)c12.Cc1ccccc1-c1cccc2c3ccccc3n(-c3cccc4c3C(=O)N(c3ccccc3-c3ccccc3)C4=O)c12. The largest absolute Gasteiger partial charge is 0.308 e. The molecule has 0 N–H and O–H groups in total. The molecular formula is C124H84N6O6. The van der Waals surface area contributed by atoms with Crippen LogP contribution >= 0.6 is 0 Å². The van der Waals surface area contributed by atoms with Crippen LogP contribution in [0, 0.1) is 27.7 Å². The Balaban J connectivity index is 0.000000115. The van der Waals surface area contributed by atoms with Gasteiger partial charge in [0.15, 0.2) is 0 Å². The van der Waals surface area contributed by atoms with Crippen LogP contribution < -0.4 is 14.7 Å². The molecule has 0 radical (unpaired) electrons. The van der Waals surface area contributed by atoms with Gasteiger partial charge >= 0.3 is 0 Å². The first-order chi connectivity index (χ1) is 66.8. The molecule has 12 nitrogen and oxygen atoms in total. The van der Waals surface area contributed by atoms with E-state index in [0.717, 1.165) is 154 Å². The number of aryl methyl sites for hydroxylation is 4. The zero-order valence-corrected chi connectivity index (χ0v) is 74.7. The van der Waals surface area contributed by atoms with Crippen molar-refractivity contribution in [2.24, 2.45) is 0 Å². The van der Waals surface area contributed by atoms with Gasteiger partial charge in [0, 0.05) is 65.7 Å². The molecule has 0 aliphatic carbocycles. The number of imide groups is 3. The Morgan fingerprint density at radius 2 is 0.404 bits per heavy atom. The lowest BCUT2D eigenvalue weighted by molar-refractivity contribution is 0.0910. The molecule has 0 atom stereocenters. The first kappa shape index (κ1) is 82.4. The third-order valence-electron chi connectivity index (χ3n) is 27.0. The second kappa shape index (κ2) is 33.7. The van der Waals surface area contributed by atoms with E-state index in [9.17, 15) is 28.8 Å². The van der Waals surface area contributed by atoms with E-state index in [1.54, 1.807) is 18.2 Å². The number of aromatic nitrogens is 3. The van der Waals surface area contributed by atoms with Crippen molar-refractivity contribution < 1.29 is 28.8 Å². The smallest absolute Gasteiger partial charge is 0.268 e. The zero-order valence-electron chi connectivity index (χ0n) is 74.7. The van der Waals surface area contributed by atoms with Crippen molar-refractivity contribution in [2.45, 2.75) is 27.7 Å². The lowest BCUT2D eigenvalue weighted by atomic mass is 9.97. The second-order valence-electron chi connectivity index (χ2n) is 34.7. The lowest BCUT2D eigenvalue weighted by Crippen LogP contribution is -2.30. The maximum absolute atomic E-state index is 14.9. The topological polar surface area (TPSA) is 127 Å². The first-order valence-corrected chi connectivity index (χ1v) is 45.6. The van der Waals surface area contributed by atoms with E-state index in [0.29, 0.717) is 67.5 Å². The number of amides is 6. The van der Waals surface area contributed by atoms with Gasteiger partial charge < -0.3 is 13.7 Å². The number of hydrogen-bond acceptors (Lipinski definition) is 6. The van der Waals surface area contributed by atoms with Gasteiger partial charge in [0.25, 0.3) is 35.4 Å². The number of benzene rings is 19. The van der Waals surface area contributed by atoms with Crippen LogP contribution in [-0.2, 0) is 0 Å². The van der Waals surface area contributed by atoms with Crippen LogP contribution in [-0.4, -0.2) is 49.1 Å². The number of rotatable bonds is 13. The van der Waals surface area contributed by atoms with Crippen molar-refractivity contribution in [3.05, 3.63) is 492 Å². The number of para-hydroxylation sites is 8. The van der Waals surface area contributed by atoms with Crippen molar-refractivity contribution in [1.82, 2.24) is 13.7 Å². The first-order valence-electron chi connectivity index (χ1n) is 45.6. The molecule has 3 aliphatic heterocycles. The quantitative estimate of drug-likeness (QED) is 0.106. The molecule has 3 aromatic heterocycles. The summed E-state index contributed by atoms with van der Waals surface area (Å²) in [5.41, 5.74) is 31.0. The van der Waals surface area contributed by atoms with Crippen LogP contribution in [0.1, 0.15) is 84.4 Å². The van der Waals surface area contributed by atoms with Gasteiger partial charge in [0.1, 0.15) is 0 Å². The number of anilines is 3. The Hall–Kier alpha value is -18.0. The van der Waals surface area contributed by atoms with Gasteiger partial charge in [-0.05, 0) is 167 Å². The molecule has 0 fully saturated rings. The molecule has 0 bridgehead atoms. The summed E-state index contributed by atoms with van der Waals surface area (Å²) in [6.07, 6.45) is 0. The van der Waals surface area contributed by atoms with E-state index in [2.05, 4.69) is 223 Å². The fourth-order valence-corrected chi connectivity index (χ4v) is 20.8. The Kier molecular flexibility index (Phi) is 20.4. The molecule has 6 amide bonds. The van der Waals surface area contributed by atoms with Gasteiger partial charge in [0.2, 0.25) is 0 Å². The number of nitrogens with zero attached hydrogens (tertiary/aromatic N) is 6. The van der Waals surface area contributed by atoms with E-state index in [-0.39, 0.29) is 35.4 Å². The number of hydrogen-bond donors (Lipinski definition) is 0. The van der Waals surface area contributed by atoms with Crippen LogP contribution in [0.15, 0.2) is 437 Å². The average Bonchev–Trinajstić information content (AvgIpc) is 1.55. The summed E-state index contributed by atoms with van der Waals surface area (Å²) in [7, 11) is 0. The number of fused-ring (bicyclic) bond motifs is 12. The molecule has 6 heterocycles. The summed E-state index contributed by atoms with van der Waals surface area (Å²) >= 11 is 0. The summed E-state index contributed by atoms with van der Waals surface area (Å²) in [4.78, 5) is 90.3. The van der Waals surface area contributed by atoms with Gasteiger partial charge in [-0.1, -0.05) is 364 Å². The molecule has 3 aliphatic rings. The second-order valence-corrected chi connectivity index (χ2v) is 34.7. The van der Waals surface area contributed by atoms with Crippen LogP contribution in [0.4, 0.5) is 17.1 Å². The molecule has 0 saturated heterocycles. The maximum Gasteiger partial charge on any atom is 0.268 e. The maximum atomic E-state index is 14.9. The summed E-state index contributed by atoms with van der Waals surface area (Å²) in [5, 5.41) is 6.53. The minimum Gasteiger partial charge on any atom is -0.308 e.